The van der Waals surface area contributed by atoms with Crippen LogP contribution in [0.15, 0.2) is 41.3 Å². The van der Waals surface area contributed by atoms with Gasteiger partial charge in [-0.2, -0.15) is 13.2 Å². The van der Waals surface area contributed by atoms with Gasteiger partial charge in [-0.05, 0) is 25.0 Å². The number of nitrogens with zero attached hydrogens (tertiary/aromatic N) is 1. The van der Waals surface area contributed by atoms with Crippen molar-refractivity contribution in [1.29, 1.82) is 0 Å². The number of unbranched alkanes of at least 4 members (excludes halogenated alkanes) is 2. The fourth-order valence-corrected chi connectivity index (χ4v) is 4.27. The van der Waals surface area contributed by atoms with Gasteiger partial charge in [0.05, 0.1) is 4.90 Å². The van der Waals surface area contributed by atoms with Crippen LogP contribution >= 0.6 is 0 Å². The number of hydrogen-bond donors (Lipinski definition) is 1. The molecule has 0 unspecified atom stereocenters. The number of rotatable bonds is 10. The first kappa shape index (κ1) is 23.9. The molecule has 0 fully saturated rings. The first-order chi connectivity index (χ1) is 14.0. The van der Waals surface area contributed by atoms with Crippen LogP contribution in [0.2, 0.25) is 0 Å². The molecule has 0 spiro atoms. The van der Waals surface area contributed by atoms with Crippen molar-refractivity contribution >= 4 is 32.5 Å². The van der Waals surface area contributed by atoms with Gasteiger partial charge in [-0.3, -0.25) is 4.79 Å². The van der Waals surface area contributed by atoms with E-state index in [9.17, 15) is 26.4 Å². The maximum absolute atomic E-state index is 12.7. The molecule has 0 aliphatic carbocycles. The summed E-state index contributed by atoms with van der Waals surface area (Å²) in [6.07, 6.45) is -3.44. The van der Waals surface area contributed by atoms with E-state index in [0.717, 1.165) is 11.1 Å². The van der Waals surface area contributed by atoms with Crippen molar-refractivity contribution in [2.24, 2.45) is 0 Å². The van der Waals surface area contributed by atoms with E-state index < -0.39 is 28.8 Å². The standard InChI is InChI=1S/C20H25F3N2O4S/c1-25(2)17-10-6-9-16-15(17)8-7-11-18(16)30(27,28)24-13-5-3-4-12-19(26)29-14-20(21,22)23/h6-11,24H,3-5,12-14H2,1-2H3. The lowest BCUT2D eigenvalue weighted by Crippen LogP contribution is -2.25. The molecule has 0 radical (unpaired) electrons. The Morgan fingerprint density at radius 2 is 1.70 bits per heavy atom. The molecule has 0 heterocycles. The fraction of sp³-hybridized carbons (Fsp3) is 0.450. The van der Waals surface area contributed by atoms with Crippen molar-refractivity contribution in [1.82, 2.24) is 4.72 Å². The molecule has 0 aromatic heterocycles. The molecule has 0 aliphatic rings. The van der Waals surface area contributed by atoms with Gasteiger partial charge < -0.3 is 9.64 Å². The normalized spacial score (nSPS) is 12.2. The van der Waals surface area contributed by atoms with Gasteiger partial charge in [0, 0.05) is 43.5 Å². The molecular formula is C20H25F3N2O4S. The molecule has 6 nitrogen and oxygen atoms in total. The van der Waals surface area contributed by atoms with Gasteiger partial charge in [-0.15, -0.1) is 0 Å². The Balaban J connectivity index is 1.88. The molecule has 2 aromatic carbocycles. The molecule has 2 aromatic rings. The zero-order valence-corrected chi connectivity index (χ0v) is 17.6. The predicted molar refractivity (Wildman–Crippen MR) is 109 cm³/mol. The predicted octanol–water partition coefficient (Wildman–Crippen LogP) is 3.85. The summed E-state index contributed by atoms with van der Waals surface area (Å²) in [4.78, 5) is 13.3. The van der Waals surface area contributed by atoms with Crippen LogP contribution in [0, 0.1) is 0 Å². The molecule has 0 atom stereocenters. The smallest absolute Gasteiger partial charge is 0.422 e. The molecule has 1 N–H and O–H groups in total. The van der Waals surface area contributed by atoms with Crippen molar-refractivity contribution in [3.05, 3.63) is 36.4 Å². The maximum Gasteiger partial charge on any atom is 0.422 e. The van der Waals surface area contributed by atoms with Crippen LogP contribution in [0.1, 0.15) is 25.7 Å². The second-order valence-corrected chi connectivity index (χ2v) is 8.74. The Hall–Kier alpha value is -2.33. The third-order valence-corrected chi connectivity index (χ3v) is 5.90. The van der Waals surface area contributed by atoms with E-state index in [-0.39, 0.29) is 17.9 Å². The summed E-state index contributed by atoms with van der Waals surface area (Å²) in [5.41, 5.74) is 0.905. The van der Waals surface area contributed by atoms with Crippen molar-refractivity contribution in [2.45, 2.75) is 36.8 Å². The number of benzene rings is 2. The zero-order valence-electron chi connectivity index (χ0n) is 16.8. The fourth-order valence-electron chi connectivity index (χ4n) is 2.98. The van der Waals surface area contributed by atoms with Gasteiger partial charge in [-0.25, -0.2) is 13.1 Å². The molecular weight excluding hydrogens is 421 g/mol. The lowest BCUT2D eigenvalue weighted by Gasteiger charge is -2.17. The van der Waals surface area contributed by atoms with Crippen LogP contribution in [0.4, 0.5) is 18.9 Å². The highest BCUT2D eigenvalue weighted by Crippen LogP contribution is 2.30. The number of carbonyl (C=O) groups excluding carboxylic acids is 1. The van der Waals surface area contributed by atoms with Crippen molar-refractivity contribution in [3.63, 3.8) is 0 Å². The first-order valence-electron chi connectivity index (χ1n) is 9.42. The zero-order chi connectivity index (χ0) is 22.4. The molecule has 166 valence electrons. The van der Waals surface area contributed by atoms with Gasteiger partial charge in [0.2, 0.25) is 10.0 Å². The summed E-state index contributed by atoms with van der Waals surface area (Å²) in [6, 6.07) is 10.6. The van der Waals surface area contributed by atoms with Gasteiger partial charge in [0.25, 0.3) is 0 Å². The number of anilines is 1. The highest BCUT2D eigenvalue weighted by Gasteiger charge is 2.29. The Morgan fingerprint density at radius 3 is 2.37 bits per heavy atom. The summed E-state index contributed by atoms with van der Waals surface area (Å²) < 4.78 is 68.1. The summed E-state index contributed by atoms with van der Waals surface area (Å²) in [6.45, 7) is -1.43. The van der Waals surface area contributed by atoms with Crippen LogP contribution in [0.25, 0.3) is 10.8 Å². The number of halogens is 3. The van der Waals surface area contributed by atoms with E-state index in [1.54, 1.807) is 24.3 Å². The van der Waals surface area contributed by atoms with Crippen molar-refractivity contribution in [3.8, 4) is 0 Å². The number of sulfonamides is 1. The van der Waals surface area contributed by atoms with Crippen LogP contribution < -0.4 is 9.62 Å². The van der Waals surface area contributed by atoms with Crippen LogP contribution in [-0.2, 0) is 19.6 Å². The van der Waals surface area contributed by atoms with Crippen LogP contribution in [-0.4, -0.2) is 47.8 Å². The van der Waals surface area contributed by atoms with Crippen LogP contribution in [0.5, 0.6) is 0 Å². The molecule has 0 saturated heterocycles. The minimum atomic E-state index is -4.54. The van der Waals surface area contributed by atoms with E-state index in [1.165, 1.54) is 0 Å². The van der Waals surface area contributed by atoms with E-state index in [2.05, 4.69) is 9.46 Å². The first-order valence-corrected chi connectivity index (χ1v) is 10.9. The number of carbonyl (C=O) groups is 1. The minimum Gasteiger partial charge on any atom is -0.456 e. The summed E-state index contributed by atoms with van der Waals surface area (Å²) in [5.74, 6) is -0.916. The summed E-state index contributed by atoms with van der Waals surface area (Å²) in [5, 5.41) is 1.44. The van der Waals surface area contributed by atoms with E-state index in [4.69, 9.17) is 0 Å². The quantitative estimate of drug-likeness (QED) is 0.443. The molecule has 0 bridgehead atoms. The minimum absolute atomic E-state index is 0.139. The summed E-state index contributed by atoms with van der Waals surface area (Å²) in [7, 11) is 0.0211. The van der Waals surface area contributed by atoms with Crippen molar-refractivity contribution in [2.75, 3.05) is 32.1 Å². The van der Waals surface area contributed by atoms with Crippen LogP contribution in [0.3, 0.4) is 0 Å². The molecule has 10 heteroatoms. The Morgan fingerprint density at radius 1 is 1.03 bits per heavy atom. The Kier molecular flexibility index (Phi) is 8.08. The number of hydrogen-bond acceptors (Lipinski definition) is 5. The Labute approximate surface area is 174 Å². The second-order valence-electron chi connectivity index (χ2n) is 7.01. The third kappa shape index (κ3) is 6.88. The average Bonchev–Trinajstić information content (AvgIpc) is 2.67. The molecule has 0 saturated carbocycles. The molecule has 30 heavy (non-hydrogen) atoms. The lowest BCUT2D eigenvalue weighted by molar-refractivity contribution is -0.186. The monoisotopic (exact) mass is 446 g/mol. The van der Waals surface area contributed by atoms with Crippen molar-refractivity contribution < 1.29 is 31.1 Å². The third-order valence-electron chi connectivity index (χ3n) is 4.38. The highest BCUT2D eigenvalue weighted by atomic mass is 32.2. The van der Waals surface area contributed by atoms with Gasteiger partial charge in [-0.1, -0.05) is 30.7 Å². The van der Waals surface area contributed by atoms with Gasteiger partial charge >= 0.3 is 12.1 Å². The largest absolute Gasteiger partial charge is 0.456 e. The number of ether oxygens (including phenoxy) is 1. The SMILES string of the molecule is CN(C)c1cccc2c(S(=O)(=O)NCCCCCC(=O)OCC(F)(F)F)cccc12. The molecule has 0 amide bonds. The lowest BCUT2D eigenvalue weighted by atomic mass is 10.1. The highest BCUT2D eigenvalue weighted by molar-refractivity contribution is 7.89. The number of nitrogens with one attached hydrogen (secondary N) is 1. The maximum atomic E-state index is 12.7. The van der Waals surface area contributed by atoms with Gasteiger partial charge in [0.15, 0.2) is 6.61 Å². The Bertz CT molecular complexity index is 976. The molecule has 2 rings (SSSR count). The van der Waals surface area contributed by atoms with Gasteiger partial charge in [0.1, 0.15) is 0 Å². The number of alkyl halides is 3. The summed E-state index contributed by atoms with van der Waals surface area (Å²) >= 11 is 0. The topological polar surface area (TPSA) is 75.7 Å². The average molecular weight is 446 g/mol. The molecule has 0 aliphatic heterocycles. The number of fused-ring (bicyclic) bond motifs is 1. The second kappa shape index (κ2) is 10.1. The van der Waals surface area contributed by atoms with E-state index in [1.807, 2.05) is 31.1 Å². The van der Waals surface area contributed by atoms with E-state index >= 15 is 0 Å². The number of esters is 1. The van der Waals surface area contributed by atoms with E-state index in [0.29, 0.717) is 24.6 Å².